The van der Waals surface area contributed by atoms with Crippen molar-refractivity contribution in [2.24, 2.45) is 9.98 Å². The van der Waals surface area contributed by atoms with E-state index < -0.39 is 20.2 Å². The Morgan fingerprint density at radius 3 is 1.48 bits per heavy atom. The van der Waals surface area contributed by atoms with Gasteiger partial charge in [0.1, 0.15) is 0 Å². The summed E-state index contributed by atoms with van der Waals surface area (Å²) >= 11 is 0. The molecule has 0 amide bonds. The predicted octanol–water partition coefficient (Wildman–Crippen LogP) is -0.893. The first-order valence-corrected chi connectivity index (χ1v) is 11.6. The molecule has 2 unspecified atom stereocenters. The summed E-state index contributed by atoms with van der Waals surface area (Å²) < 4.78 is 64.1. The van der Waals surface area contributed by atoms with Crippen LogP contribution in [0.1, 0.15) is 0 Å². The molecule has 5 rings (SSSR count). The van der Waals surface area contributed by atoms with Gasteiger partial charge in [-0.05, 0) is 36.4 Å². The van der Waals surface area contributed by atoms with Gasteiger partial charge in [-0.15, -0.1) is 0 Å². The van der Waals surface area contributed by atoms with E-state index in [0.29, 0.717) is 34.2 Å². The van der Waals surface area contributed by atoms with Gasteiger partial charge in [-0.3, -0.25) is 9.11 Å². The molecular weight excluding hydrogens is 455 g/mol. The van der Waals surface area contributed by atoms with Gasteiger partial charge in [0.25, 0.3) is 20.2 Å². The number of rotatable bonds is 2. The Labute approximate surface area is 200 Å². The van der Waals surface area contributed by atoms with Gasteiger partial charge < -0.3 is 10.6 Å². The van der Waals surface area contributed by atoms with Crippen molar-refractivity contribution in [2.45, 2.75) is 12.1 Å². The summed E-state index contributed by atoms with van der Waals surface area (Å²) in [7, 11) is -8.67. The van der Waals surface area contributed by atoms with Crippen molar-refractivity contribution >= 4 is 54.4 Å². The van der Waals surface area contributed by atoms with Crippen molar-refractivity contribution < 1.29 is 55.5 Å². The van der Waals surface area contributed by atoms with Crippen molar-refractivity contribution in [3.63, 3.8) is 0 Å². The predicted molar refractivity (Wildman–Crippen MR) is 113 cm³/mol. The van der Waals surface area contributed by atoms with E-state index in [4.69, 9.17) is 0 Å². The Hall–Kier alpha value is -2.06. The van der Waals surface area contributed by atoms with Crippen molar-refractivity contribution in [3.05, 3.63) is 58.4 Å². The second kappa shape index (κ2) is 7.52. The molecule has 0 fully saturated rings. The zero-order chi connectivity index (χ0) is 21.3. The molecule has 1 aromatic rings. The summed E-state index contributed by atoms with van der Waals surface area (Å²) in [6.07, 6.45) is 8.39. The molecule has 0 saturated heterocycles. The largest absolute Gasteiger partial charge is 1.00 e. The molecular formula is C18H14N4NaO6S2+. The molecule has 31 heavy (non-hydrogen) atoms. The van der Waals surface area contributed by atoms with Gasteiger partial charge in [0.15, 0.2) is 0 Å². The van der Waals surface area contributed by atoms with Crippen molar-refractivity contribution in [1.29, 1.82) is 0 Å². The molecule has 4 aliphatic rings. The SMILES string of the molecule is O=S(=O)(O)C1=CC2=Nc3cc4c(cc3NC2C=C1)N=C1C=C(S(=O)(=O)O)C=CC1N4.[Na+]. The van der Waals surface area contributed by atoms with Gasteiger partial charge in [0, 0.05) is 0 Å². The van der Waals surface area contributed by atoms with E-state index >= 15 is 0 Å². The monoisotopic (exact) mass is 469 g/mol. The number of benzene rings is 1. The van der Waals surface area contributed by atoms with E-state index in [0.717, 1.165) is 0 Å². The first kappa shape index (κ1) is 22.1. The molecule has 10 nitrogen and oxygen atoms in total. The zero-order valence-electron chi connectivity index (χ0n) is 16.0. The van der Waals surface area contributed by atoms with Crippen molar-refractivity contribution in [2.75, 3.05) is 10.6 Å². The molecule has 0 saturated carbocycles. The van der Waals surface area contributed by atoms with Crippen LogP contribution in [0.5, 0.6) is 0 Å². The zero-order valence-corrected chi connectivity index (χ0v) is 19.6. The molecule has 0 radical (unpaired) electrons. The average Bonchev–Trinajstić information content (AvgIpc) is 2.66. The summed E-state index contributed by atoms with van der Waals surface area (Å²) in [4.78, 5) is 8.55. The minimum absolute atomic E-state index is 0. The first-order valence-electron chi connectivity index (χ1n) is 8.71. The number of aliphatic imine (C=N–C) groups is 2. The molecule has 4 N–H and O–H groups in total. The molecule has 0 aromatic heterocycles. The summed E-state index contributed by atoms with van der Waals surface area (Å²) in [5.74, 6) is 0. The van der Waals surface area contributed by atoms with E-state index in [2.05, 4.69) is 20.6 Å². The molecule has 2 aliphatic carbocycles. The molecule has 2 heterocycles. The van der Waals surface area contributed by atoms with Crippen LogP contribution in [0.2, 0.25) is 0 Å². The van der Waals surface area contributed by atoms with Crippen LogP contribution >= 0.6 is 0 Å². The first-order chi connectivity index (χ1) is 14.1. The number of hydrogen-bond donors (Lipinski definition) is 4. The number of nitrogens with zero attached hydrogens (tertiary/aromatic N) is 2. The minimum Gasteiger partial charge on any atom is -0.371 e. The Bertz CT molecular complexity index is 1300. The maximum atomic E-state index is 11.4. The third kappa shape index (κ3) is 4.07. The number of fused-ring (bicyclic) bond motifs is 4. The minimum atomic E-state index is -4.33. The van der Waals surface area contributed by atoms with Crippen LogP contribution in [0.15, 0.2) is 68.4 Å². The Balaban J connectivity index is 0.00000231. The molecule has 154 valence electrons. The summed E-state index contributed by atoms with van der Waals surface area (Å²) in [5.41, 5.74) is 3.31. The van der Waals surface area contributed by atoms with Crippen LogP contribution < -0.4 is 40.2 Å². The fourth-order valence-electron chi connectivity index (χ4n) is 3.52. The van der Waals surface area contributed by atoms with E-state index in [1.165, 1.54) is 24.3 Å². The fourth-order valence-corrected chi connectivity index (χ4v) is 4.56. The summed E-state index contributed by atoms with van der Waals surface area (Å²) in [5, 5.41) is 6.45. The van der Waals surface area contributed by atoms with Gasteiger partial charge in [0.2, 0.25) is 0 Å². The molecule has 2 aliphatic heterocycles. The van der Waals surface area contributed by atoms with Crippen LogP contribution in [-0.2, 0) is 20.2 Å². The Morgan fingerprint density at radius 1 is 0.742 bits per heavy atom. The molecule has 0 spiro atoms. The second-order valence-corrected chi connectivity index (χ2v) is 9.81. The summed E-state index contributed by atoms with van der Waals surface area (Å²) in [6.45, 7) is 0. The van der Waals surface area contributed by atoms with Gasteiger partial charge in [-0.25, -0.2) is 9.98 Å². The number of hydrogen-bond acceptors (Lipinski definition) is 8. The third-order valence-electron chi connectivity index (χ3n) is 4.95. The van der Waals surface area contributed by atoms with Crippen LogP contribution in [-0.4, -0.2) is 49.4 Å². The van der Waals surface area contributed by atoms with Gasteiger partial charge in [-0.1, -0.05) is 12.2 Å². The van der Waals surface area contributed by atoms with Crippen LogP contribution in [0.25, 0.3) is 0 Å². The summed E-state index contributed by atoms with van der Waals surface area (Å²) in [6, 6.07) is 2.75. The van der Waals surface area contributed by atoms with Gasteiger partial charge >= 0.3 is 29.6 Å². The fraction of sp³-hybridized carbons (Fsp3) is 0.111. The maximum Gasteiger partial charge on any atom is 1.00 e. The quantitative estimate of drug-likeness (QED) is 0.321. The normalized spacial score (nSPS) is 23.2. The van der Waals surface area contributed by atoms with E-state index in [1.807, 2.05) is 0 Å². The molecule has 13 heteroatoms. The van der Waals surface area contributed by atoms with Crippen LogP contribution in [0.4, 0.5) is 22.7 Å². The average molecular weight is 469 g/mol. The topological polar surface area (TPSA) is 158 Å². The van der Waals surface area contributed by atoms with E-state index in [9.17, 15) is 25.9 Å². The second-order valence-electron chi connectivity index (χ2n) is 6.97. The smallest absolute Gasteiger partial charge is 0.371 e. The Morgan fingerprint density at radius 2 is 1.13 bits per heavy atom. The van der Waals surface area contributed by atoms with Crippen LogP contribution in [0.3, 0.4) is 0 Å². The molecule has 1 aromatic carbocycles. The number of nitrogens with one attached hydrogen (secondary N) is 2. The van der Waals surface area contributed by atoms with Crippen molar-refractivity contribution in [3.8, 4) is 0 Å². The van der Waals surface area contributed by atoms with Gasteiger partial charge in [0.05, 0.1) is 56.1 Å². The molecule has 2 atom stereocenters. The number of allylic oxidation sites excluding steroid dienone is 2. The van der Waals surface area contributed by atoms with E-state index in [-0.39, 0.29) is 51.5 Å². The third-order valence-corrected chi connectivity index (χ3v) is 6.65. The standard InChI is InChI=1S/C18H14N4O6S2.Na/c23-29(24,25)9-1-3-11-13(5-9)21-17-8-16-18(7-15(17)19-11)22-14-6-10(30(26,27)28)2-4-12(14)20-16;/h1-8,11-12,19-20H,(H,23,24,25)(H,26,27,28);/q;+1. The Kier molecular flexibility index (Phi) is 5.37. The van der Waals surface area contributed by atoms with Crippen molar-refractivity contribution in [1.82, 2.24) is 0 Å². The van der Waals surface area contributed by atoms with Crippen LogP contribution in [0, 0.1) is 0 Å². The molecule has 0 bridgehead atoms. The number of anilines is 2. The maximum absolute atomic E-state index is 11.4. The van der Waals surface area contributed by atoms with Gasteiger partial charge in [-0.2, -0.15) is 16.8 Å². The van der Waals surface area contributed by atoms with E-state index in [1.54, 1.807) is 24.3 Å².